The van der Waals surface area contributed by atoms with E-state index in [9.17, 15) is 9.90 Å². The normalized spacial score (nSPS) is 19.2. The molecule has 2 aromatic heterocycles. The van der Waals surface area contributed by atoms with E-state index in [1.807, 2.05) is 49.9 Å². The Labute approximate surface area is 275 Å². The summed E-state index contributed by atoms with van der Waals surface area (Å²) < 4.78 is 9.65. The molecule has 2 atom stereocenters. The molecule has 7 N–H and O–H groups in total. The molecule has 250 valence electrons. The summed E-state index contributed by atoms with van der Waals surface area (Å²) >= 11 is 0. The predicted octanol–water partition coefficient (Wildman–Crippen LogP) is 4.06. The number of rotatable bonds is 6. The molecule has 3 aromatic rings. The molecule has 1 aliphatic carbocycles. The average molecular weight is 643 g/mol. The van der Waals surface area contributed by atoms with Crippen LogP contribution in [-0.2, 0) is 7.05 Å². The Balaban J connectivity index is 1.30. The van der Waals surface area contributed by atoms with Crippen LogP contribution in [0.15, 0.2) is 71.8 Å². The number of nitrogens with one attached hydrogen (secondary N) is 4. The van der Waals surface area contributed by atoms with E-state index in [1.165, 1.54) is 4.57 Å². The van der Waals surface area contributed by atoms with Crippen LogP contribution in [0.3, 0.4) is 0 Å². The van der Waals surface area contributed by atoms with Gasteiger partial charge in [-0.15, -0.1) is 0 Å². The van der Waals surface area contributed by atoms with Gasteiger partial charge in [0.25, 0.3) is 0 Å². The fourth-order valence-electron chi connectivity index (χ4n) is 5.77. The maximum absolute atomic E-state index is 13.3. The van der Waals surface area contributed by atoms with Crippen molar-refractivity contribution in [1.29, 1.82) is 10.8 Å². The highest BCUT2D eigenvalue weighted by Gasteiger charge is 2.30. The number of allylic oxidation sites excluding steroid dienone is 1. The van der Waals surface area contributed by atoms with Crippen molar-refractivity contribution in [2.75, 3.05) is 19.7 Å². The van der Waals surface area contributed by atoms with E-state index in [0.29, 0.717) is 48.9 Å². The Kier molecular flexibility index (Phi) is 10.1. The first-order valence-corrected chi connectivity index (χ1v) is 16.0. The van der Waals surface area contributed by atoms with E-state index in [4.69, 9.17) is 21.3 Å². The predicted molar refractivity (Wildman–Crippen MR) is 180 cm³/mol. The van der Waals surface area contributed by atoms with Crippen LogP contribution >= 0.6 is 0 Å². The number of carbonyl (C=O) groups is 1. The quantitative estimate of drug-likeness (QED) is 0.174. The maximum atomic E-state index is 13.3. The number of aryl methyl sites for hydroxylation is 1. The fraction of sp³-hybridized carbons (Fsp3) is 0.441. The molecule has 2 aliphatic rings. The lowest BCUT2D eigenvalue weighted by Crippen LogP contribution is -2.44. The fourth-order valence-corrected chi connectivity index (χ4v) is 5.77. The van der Waals surface area contributed by atoms with Crippen molar-refractivity contribution in [1.82, 2.24) is 29.9 Å². The first-order valence-electron chi connectivity index (χ1n) is 16.0. The molecular formula is C34H46N10O3. The largest absolute Gasteiger partial charge is 0.484 e. The van der Waals surface area contributed by atoms with Gasteiger partial charge >= 0.3 is 6.03 Å². The van der Waals surface area contributed by atoms with Gasteiger partial charge in [0.2, 0.25) is 5.96 Å². The highest BCUT2D eigenvalue weighted by atomic mass is 16.5. The summed E-state index contributed by atoms with van der Waals surface area (Å²) in [5, 5.41) is 36.8. The smallest absolute Gasteiger partial charge is 0.320 e. The number of aliphatic hydroxyl groups is 1. The van der Waals surface area contributed by atoms with Crippen LogP contribution in [-0.4, -0.2) is 61.9 Å². The van der Waals surface area contributed by atoms with Gasteiger partial charge in [0.15, 0.2) is 0 Å². The number of ether oxygens (including phenoxy) is 1. The van der Waals surface area contributed by atoms with E-state index in [0.717, 1.165) is 24.0 Å². The van der Waals surface area contributed by atoms with Crippen LogP contribution in [0.2, 0.25) is 0 Å². The van der Waals surface area contributed by atoms with Gasteiger partial charge in [-0.2, -0.15) is 5.10 Å². The van der Waals surface area contributed by atoms with Gasteiger partial charge in [-0.1, -0.05) is 45.0 Å². The van der Waals surface area contributed by atoms with E-state index >= 15 is 0 Å². The van der Waals surface area contributed by atoms with Gasteiger partial charge in [-0.05, 0) is 54.9 Å². The molecule has 0 saturated carbocycles. The maximum Gasteiger partial charge on any atom is 0.320 e. The molecule has 0 bridgehead atoms. The summed E-state index contributed by atoms with van der Waals surface area (Å²) in [5.41, 5.74) is 9.29. The molecule has 1 fully saturated rings. The summed E-state index contributed by atoms with van der Waals surface area (Å²) in [6, 6.07) is 10.6. The summed E-state index contributed by atoms with van der Waals surface area (Å²) in [4.78, 5) is 19.9. The number of carbonyl (C=O) groups excluding carboxylic acids is 1. The number of hydrogen-bond donors (Lipinski definition) is 6. The SMILES string of the molecule is Cn1cc(N=C(C=C(N)C(C)(C)C)NC(=O)N[C@H]2CC[C@@H](Oc3ccc(=N)n(C(=N)N4CCC(CO)CC4)c3)c3ccccc32)cn1. The monoisotopic (exact) mass is 642 g/mol. The van der Waals surface area contributed by atoms with Gasteiger partial charge in [-0.3, -0.25) is 25.4 Å². The third kappa shape index (κ3) is 8.28. The summed E-state index contributed by atoms with van der Waals surface area (Å²) in [5.74, 6) is 1.35. The first kappa shape index (κ1) is 33.5. The van der Waals surface area contributed by atoms with Crippen molar-refractivity contribution < 1.29 is 14.6 Å². The average Bonchev–Trinajstić information content (AvgIpc) is 3.46. The number of nitrogens with two attached hydrogens (primary N) is 1. The van der Waals surface area contributed by atoms with Crippen molar-refractivity contribution in [2.24, 2.45) is 29.1 Å². The van der Waals surface area contributed by atoms with Gasteiger partial charge in [-0.25, -0.2) is 9.79 Å². The second-order valence-electron chi connectivity index (χ2n) is 13.2. The molecule has 1 aromatic carbocycles. The Morgan fingerprint density at radius 1 is 1.13 bits per heavy atom. The van der Waals surface area contributed by atoms with E-state index in [-0.39, 0.29) is 41.5 Å². The third-order valence-corrected chi connectivity index (χ3v) is 8.68. The molecule has 13 nitrogen and oxygen atoms in total. The van der Waals surface area contributed by atoms with Crippen LogP contribution < -0.4 is 26.6 Å². The van der Waals surface area contributed by atoms with E-state index in [1.54, 1.807) is 48.5 Å². The zero-order valence-corrected chi connectivity index (χ0v) is 27.5. The molecule has 2 amide bonds. The summed E-state index contributed by atoms with van der Waals surface area (Å²) in [7, 11) is 1.80. The zero-order chi connectivity index (χ0) is 33.7. The lowest BCUT2D eigenvalue weighted by Gasteiger charge is -2.34. The Morgan fingerprint density at radius 2 is 1.85 bits per heavy atom. The molecular weight excluding hydrogens is 596 g/mol. The van der Waals surface area contributed by atoms with Gasteiger partial charge < -0.3 is 25.8 Å². The number of amides is 2. The molecule has 0 radical (unpaired) electrons. The number of hydrogen-bond acceptors (Lipinski definition) is 8. The number of pyridine rings is 1. The minimum absolute atomic E-state index is 0.163. The molecule has 5 rings (SSSR count). The highest BCUT2D eigenvalue weighted by Crippen LogP contribution is 2.38. The molecule has 0 unspecified atom stereocenters. The van der Waals surface area contributed by atoms with Crippen molar-refractivity contribution in [3.63, 3.8) is 0 Å². The van der Waals surface area contributed by atoms with Gasteiger partial charge in [0.05, 0.1) is 24.6 Å². The molecule has 13 heteroatoms. The van der Waals surface area contributed by atoms with Crippen LogP contribution in [0.4, 0.5) is 10.5 Å². The molecule has 47 heavy (non-hydrogen) atoms. The second-order valence-corrected chi connectivity index (χ2v) is 13.2. The van der Waals surface area contributed by atoms with Crippen molar-refractivity contribution in [3.8, 4) is 5.75 Å². The van der Waals surface area contributed by atoms with Crippen LogP contribution in [0.25, 0.3) is 0 Å². The number of piperidine rings is 1. The van der Waals surface area contributed by atoms with Gasteiger partial charge in [0, 0.05) is 43.9 Å². The number of likely N-dealkylation sites (tertiary alicyclic amines) is 1. The number of aliphatic imine (C=N–C) groups is 1. The van der Waals surface area contributed by atoms with Crippen LogP contribution in [0, 0.1) is 22.2 Å². The summed E-state index contributed by atoms with van der Waals surface area (Å²) in [6.45, 7) is 7.46. The topological polar surface area (TPSA) is 183 Å². The Bertz CT molecular complexity index is 1710. The molecule has 1 saturated heterocycles. The number of amidine groups is 1. The lowest BCUT2D eigenvalue weighted by atomic mass is 9.85. The van der Waals surface area contributed by atoms with Crippen molar-refractivity contribution in [3.05, 3.63) is 83.4 Å². The first-order chi connectivity index (χ1) is 22.4. The Morgan fingerprint density at radius 3 is 2.51 bits per heavy atom. The number of aromatic nitrogens is 3. The number of fused-ring (bicyclic) bond motifs is 1. The third-order valence-electron chi connectivity index (χ3n) is 8.68. The number of nitrogens with zero attached hydrogens (tertiary/aromatic N) is 5. The second kappa shape index (κ2) is 14.2. The molecule has 0 spiro atoms. The van der Waals surface area contributed by atoms with E-state index in [2.05, 4.69) is 20.7 Å². The van der Waals surface area contributed by atoms with Crippen LogP contribution in [0.5, 0.6) is 5.75 Å². The zero-order valence-electron chi connectivity index (χ0n) is 27.5. The van der Waals surface area contributed by atoms with Crippen molar-refractivity contribution >= 4 is 23.5 Å². The molecule has 1 aliphatic heterocycles. The lowest BCUT2D eigenvalue weighted by molar-refractivity contribution is 0.163. The minimum atomic E-state index is -0.404. The minimum Gasteiger partial charge on any atom is -0.484 e. The Hall–Kier alpha value is -4.91. The van der Waals surface area contributed by atoms with Crippen LogP contribution in [0.1, 0.15) is 69.7 Å². The number of benzene rings is 1. The number of aliphatic hydroxyl groups excluding tert-OH is 1. The van der Waals surface area contributed by atoms with Crippen molar-refractivity contribution in [2.45, 2.75) is 58.6 Å². The van der Waals surface area contributed by atoms with Gasteiger partial charge in [0.1, 0.15) is 28.9 Å². The molecule has 3 heterocycles. The number of urea groups is 1. The standard InChI is InChI=1S/C34H46N10O3/c1-34(2,3)29(35)17-31(39-23-18-38-42(4)19-23)41-33(46)40-27-10-11-28(26-8-6-5-7-25(26)27)47-24-9-12-30(36)44(20-24)32(37)43-15-13-22(21-45)14-16-43/h5-9,12,17-20,22,27-28,36-37,45H,10-11,13-16,21,35H2,1-4H3,(H2,39,40,41,46)/t27-,28+/m0/s1. The summed E-state index contributed by atoms with van der Waals surface area (Å²) in [6.07, 6.45) is 9.37. The van der Waals surface area contributed by atoms with E-state index < -0.39 is 6.03 Å². The highest BCUT2D eigenvalue weighted by molar-refractivity contribution is 6.05.